The molecule has 0 radical (unpaired) electrons. The fraction of sp³-hybridized carbons (Fsp3) is 0.136. The number of nitrogens with zero attached hydrogens (tertiary/aromatic N) is 3. The van der Waals surface area contributed by atoms with Crippen molar-refractivity contribution in [3.05, 3.63) is 93.5 Å². The van der Waals surface area contributed by atoms with E-state index in [1.165, 1.54) is 23.1 Å². The second kappa shape index (κ2) is 7.51. The fourth-order valence-corrected chi connectivity index (χ4v) is 5.19. The van der Waals surface area contributed by atoms with Crippen LogP contribution in [0.15, 0.2) is 71.6 Å². The number of fused-ring (bicyclic) bond motifs is 1. The number of carbonyl (C=O) groups is 1. The smallest absolute Gasteiger partial charge is 0.287 e. The highest BCUT2D eigenvalue weighted by Crippen LogP contribution is 2.39. The molecule has 8 nitrogen and oxygen atoms in total. The van der Waals surface area contributed by atoms with Crippen LogP contribution in [0.4, 0.5) is 21.9 Å². The van der Waals surface area contributed by atoms with Crippen LogP contribution in [0, 0.1) is 24.0 Å². The second-order valence-electron chi connectivity index (χ2n) is 7.32. The Balaban J connectivity index is 1.84. The highest BCUT2D eigenvalue weighted by molar-refractivity contribution is 7.94. The molecule has 0 aliphatic carbocycles. The first-order chi connectivity index (χ1) is 14.7. The van der Waals surface area contributed by atoms with E-state index in [2.05, 4.69) is 0 Å². The van der Waals surface area contributed by atoms with Gasteiger partial charge < -0.3 is 0 Å². The summed E-state index contributed by atoms with van der Waals surface area (Å²) in [6, 6.07) is 16.7. The first-order valence-corrected chi connectivity index (χ1v) is 10.9. The van der Waals surface area contributed by atoms with Gasteiger partial charge in [-0.1, -0.05) is 36.4 Å². The van der Waals surface area contributed by atoms with E-state index >= 15 is 0 Å². The number of sulfonamides is 1. The summed E-state index contributed by atoms with van der Waals surface area (Å²) in [4.78, 5) is 25.3. The zero-order chi connectivity index (χ0) is 22.3. The van der Waals surface area contributed by atoms with Crippen molar-refractivity contribution in [1.29, 1.82) is 0 Å². The largest absolute Gasteiger partial charge is 0.343 e. The number of anilines is 2. The molecule has 3 aromatic rings. The van der Waals surface area contributed by atoms with Crippen LogP contribution in [0.3, 0.4) is 0 Å². The molecule has 2 amide bonds. The predicted octanol–water partition coefficient (Wildman–Crippen LogP) is 4.55. The summed E-state index contributed by atoms with van der Waals surface area (Å²) in [7, 11) is -4.11. The molecule has 0 N–H and O–H groups in total. The summed E-state index contributed by atoms with van der Waals surface area (Å²) < 4.78 is 27.6. The summed E-state index contributed by atoms with van der Waals surface area (Å²) in [5.41, 5.74) is 2.62. The van der Waals surface area contributed by atoms with Gasteiger partial charge >= 0.3 is 6.03 Å². The third-order valence-corrected chi connectivity index (χ3v) is 6.88. The number of nitro groups is 1. The maximum absolute atomic E-state index is 13.5. The average Bonchev–Trinajstić information content (AvgIpc) is 2.74. The van der Waals surface area contributed by atoms with Crippen LogP contribution >= 0.6 is 0 Å². The van der Waals surface area contributed by atoms with Crippen LogP contribution in [-0.4, -0.2) is 19.4 Å². The van der Waals surface area contributed by atoms with Crippen LogP contribution in [-0.2, 0) is 16.6 Å². The van der Waals surface area contributed by atoms with E-state index in [1.54, 1.807) is 49.4 Å². The number of aryl methyl sites for hydroxylation is 2. The van der Waals surface area contributed by atoms with E-state index in [1.807, 2.05) is 13.0 Å². The van der Waals surface area contributed by atoms with E-state index in [9.17, 15) is 23.3 Å². The highest BCUT2D eigenvalue weighted by Gasteiger charge is 2.42. The number of hydrogen-bond donors (Lipinski definition) is 0. The van der Waals surface area contributed by atoms with Gasteiger partial charge in [0.25, 0.3) is 15.7 Å². The van der Waals surface area contributed by atoms with Crippen molar-refractivity contribution >= 4 is 33.1 Å². The maximum atomic E-state index is 13.5. The van der Waals surface area contributed by atoms with Crippen molar-refractivity contribution < 1.29 is 18.1 Å². The minimum Gasteiger partial charge on any atom is -0.287 e. The first-order valence-electron chi connectivity index (χ1n) is 9.46. The van der Waals surface area contributed by atoms with Crippen molar-refractivity contribution in [3.8, 4) is 0 Å². The monoisotopic (exact) mass is 437 g/mol. The van der Waals surface area contributed by atoms with E-state index in [0.717, 1.165) is 9.87 Å². The first kappa shape index (κ1) is 20.5. The molecule has 1 aliphatic rings. The van der Waals surface area contributed by atoms with Crippen LogP contribution in [0.5, 0.6) is 0 Å². The molecular formula is C22H19N3O5S. The summed E-state index contributed by atoms with van der Waals surface area (Å²) >= 11 is 0. The van der Waals surface area contributed by atoms with Crippen LogP contribution in [0.2, 0.25) is 0 Å². The summed E-state index contributed by atoms with van der Waals surface area (Å²) in [5, 5.41) is 10.9. The Labute approximate surface area is 179 Å². The van der Waals surface area contributed by atoms with Gasteiger partial charge in [0, 0.05) is 12.1 Å². The Kier molecular flexibility index (Phi) is 4.98. The Morgan fingerprint density at radius 3 is 2.29 bits per heavy atom. The van der Waals surface area contributed by atoms with Crippen molar-refractivity contribution in [2.75, 3.05) is 9.21 Å². The molecule has 0 spiro atoms. The number of non-ortho nitro benzene ring substituents is 1. The lowest BCUT2D eigenvalue weighted by Crippen LogP contribution is -2.51. The van der Waals surface area contributed by atoms with E-state index in [-0.39, 0.29) is 22.8 Å². The lowest BCUT2D eigenvalue weighted by molar-refractivity contribution is -0.384. The molecule has 158 valence electrons. The lowest BCUT2D eigenvalue weighted by atomic mass is 10.1. The SMILES string of the molecule is Cc1ccc(C)c(N2C(=O)N(Cc3ccc([N+](=O)[O-])cc3)c3ccccc3S2(=O)=O)c1. The van der Waals surface area contributed by atoms with Crippen LogP contribution in [0.1, 0.15) is 16.7 Å². The predicted molar refractivity (Wildman–Crippen MR) is 117 cm³/mol. The molecular weight excluding hydrogens is 418 g/mol. The molecule has 31 heavy (non-hydrogen) atoms. The summed E-state index contributed by atoms with van der Waals surface area (Å²) in [6.45, 7) is 3.63. The molecule has 0 bridgehead atoms. The van der Waals surface area contributed by atoms with E-state index < -0.39 is 21.0 Å². The molecule has 1 aliphatic heterocycles. The van der Waals surface area contributed by atoms with Crippen LogP contribution in [0.25, 0.3) is 0 Å². The fourth-order valence-electron chi connectivity index (χ4n) is 3.54. The number of benzene rings is 3. The number of nitro benzene ring substituents is 1. The molecule has 0 atom stereocenters. The zero-order valence-electron chi connectivity index (χ0n) is 16.8. The van der Waals surface area contributed by atoms with Crippen molar-refractivity contribution in [2.45, 2.75) is 25.3 Å². The average molecular weight is 437 g/mol. The molecule has 9 heteroatoms. The topological polar surface area (TPSA) is 101 Å². The molecule has 0 fully saturated rings. The molecule has 0 aromatic heterocycles. The van der Waals surface area contributed by atoms with Gasteiger partial charge in [0.1, 0.15) is 4.90 Å². The van der Waals surface area contributed by atoms with Gasteiger partial charge in [0.05, 0.1) is 22.8 Å². The Morgan fingerprint density at radius 2 is 1.61 bits per heavy atom. The van der Waals surface area contributed by atoms with E-state index in [4.69, 9.17) is 0 Å². The number of amides is 2. The van der Waals surface area contributed by atoms with Gasteiger partial charge in [-0.2, -0.15) is 4.31 Å². The number of para-hydroxylation sites is 1. The molecule has 0 saturated carbocycles. The Morgan fingerprint density at radius 1 is 0.935 bits per heavy atom. The maximum Gasteiger partial charge on any atom is 0.343 e. The van der Waals surface area contributed by atoms with Crippen molar-refractivity contribution in [2.24, 2.45) is 0 Å². The van der Waals surface area contributed by atoms with Gasteiger partial charge in [0.15, 0.2) is 0 Å². The molecule has 4 rings (SSSR count). The molecule has 3 aromatic carbocycles. The summed E-state index contributed by atoms with van der Waals surface area (Å²) in [5.74, 6) is 0. The lowest BCUT2D eigenvalue weighted by Gasteiger charge is -2.37. The number of urea groups is 1. The van der Waals surface area contributed by atoms with Crippen molar-refractivity contribution in [3.63, 3.8) is 0 Å². The normalized spacial score (nSPS) is 15.0. The third-order valence-electron chi connectivity index (χ3n) is 5.15. The Bertz CT molecular complexity index is 1300. The minimum atomic E-state index is -4.11. The number of rotatable bonds is 4. The molecule has 0 saturated heterocycles. The standard InChI is InChI=1S/C22H19N3O5S/c1-15-7-8-16(2)20(13-15)24-22(26)23(14-17-9-11-18(12-10-17)25(27)28)19-5-3-4-6-21(19)31(24,29)30/h3-13H,14H2,1-2H3. The quantitative estimate of drug-likeness (QED) is 0.440. The summed E-state index contributed by atoms with van der Waals surface area (Å²) in [6.07, 6.45) is 0. The van der Waals surface area contributed by atoms with Gasteiger partial charge in [-0.05, 0) is 48.7 Å². The second-order valence-corrected chi connectivity index (χ2v) is 9.07. The van der Waals surface area contributed by atoms with E-state index in [0.29, 0.717) is 16.8 Å². The molecule has 0 unspecified atom stereocenters. The van der Waals surface area contributed by atoms with Crippen LogP contribution < -0.4 is 9.21 Å². The highest BCUT2D eigenvalue weighted by atomic mass is 32.2. The number of hydrogen-bond acceptors (Lipinski definition) is 5. The molecule has 1 heterocycles. The Hall–Kier alpha value is -3.72. The zero-order valence-corrected chi connectivity index (χ0v) is 17.7. The third kappa shape index (κ3) is 3.53. The van der Waals surface area contributed by atoms with Gasteiger partial charge in [-0.3, -0.25) is 15.0 Å². The van der Waals surface area contributed by atoms with Gasteiger partial charge in [-0.15, -0.1) is 0 Å². The van der Waals surface area contributed by atoms with Crippen molar-refractivity contribution in [1.82, 2.24) is 0 Å². The van der Waals surface area contributed by atoms with Gasteiger partial charge in [0.2, 0.25) is 0 Å². The minimum absolute atomic E-state index is 0.0254. The van der Waals surface area contributed by atoms with Gasteiger partial charge in [-0.25, -0.2) is 13.2 Å². The number of carbonyl (C=O) groups excluding carboxylic acids is 1.